The molecule has 0 unspecified atom stereocenters. The molecule has 0 aliphatic carbocycles. The van der Waals surface area contributed by atoms with Crippen molar-refractivity contribution in [1.82, 2.24) is 14.9 Å². The minimum absolute atomic E-state index is 0.201. The summed E-state index contributed by atoms with van der Waals surface area (Å²) < 4.78 is 16.5. The van der Waals surface area contributed by atoms with E-state index >= 15 is 0 Å². The van der Waals surface area contributed by atoms with Crippen LogP contribution in [0.2, 0.25) is 0 Å². The van der Waals surface area contributed by atoms with Crippen LogP contribution in [0.4, 0.5) is 4.39 Å². The van der Waals surface area contributed by atoms with Crippen LogP contribution in [0.3, 0.4) is 0 Å². The van der Waals surface area contributed by atoms with Gasteiger partial charge in [0.25, 0.3) is 0 Å². The normalized spacial score (nSPS) is 10.8. The number of rotatable bonds is 5. The zero-order valence-electron chi connectivity index (χ0n) is 10.2. The standard InChI is InChI=1S/C13H15BrFN3/c1-2-16-8-13-17-5-6-18(13)9-10-3-4-11(14)7-12(10)15/h3-7,16H,2,8-9H2,1H3. The summed E-state index contributed by atoms with van der Waals surface area (Å²) in [6, 6.07) is 5.12. The fourth-order valence-electron chi connectivity index (χ4n) is 1.72. The van der Waals surface area contributed by atoms with Gasteiger partial charge in [-0.2, -0.15) is 0 Å². The Morgan fingerprint density at radius 3 is 3.00 bits per heavy atom. The Morgan fingerprint density at radius 1 is 1.44 bits per heavy atom. The fraction of sp³-hybridized carbons (Fsp3) is 0.308. The summed E-state index contributed by atoms with van der Waals surface area (Å²) in [4.78, 5) is 4.27. The summed E-state index contributed by atoms with van der Waals surface area (Å²) in [6.45, 7) is 4.13. The number of hydrogen-bond donors (Lipinski definition) is 1. The molecule has 2 rings (SSSR count). The third kappa shape index (κ3) is 3.17. The molecule has 0 spiro atoms. The molecule has 0 aliphatic rings. The van der Waals surface area contributed by atoms with Gasteiger partial charge < -0.3 is 9.88 Å². The summed E-state index contributed by atoms with van der Waals surface area (Å²) >= 11 is 3.25. The largest absolute Gasteiger partial charge is 0.329 e. The van der Waals surface area contributed by atoms with Crippen LogP contribution in [0.15, 0.2) is 35.1 Å². The molecule has 0 aliphatic heterocycles. The van der Waals surface area contributed by atoms with Gasteiger partial charge >= 0.3 is 0 Å². The topological polar surface area (TPSA) is 29.9 Å². The minimum atomic E-state index is -0.201. The quantitative estimate of drug-likeness (QED) is 0.920. The number of nitrogens with one attached hydrogen (secondary N) is 1. The first-order valence-electron chi connectivity index (χ1n) is 5.85. The average Bonchev–Trinajstić information content (AvgIpc) is 2.77. The SMILES string of the molecule is CCNCc1nccn1Cc1ccc(Br)cc1F. The third-order valence-electron chi connectivity index (χ3n) is 2.69. The Balaban J connectivity index is 2.15. The van der Waals surface area contributed by atoms with Crippen LogP contribution < -0.4 is 5.32 Å². The molecule has 96 valence electrons. The van der Waals surface area contributed by atoms with Crippen molar-refractivity contribution in [1.29, 1.82) is 0 Å². The van der Waals surface area contributed by atoms with E-state index in [1.165, 1.54) is 6.07 Å². The number of hydrogen-bond acceptors (Lipinski definition) is 2. The number of imidazole rings is 1. The lowest BCUT2D eigenvalue weighted by molar-refractivity contribution is 0.585. The summed E-state index contributed by atoms with van der Waals surface area (Å²) in [5.41, 5.74) is 0.661. The van der Waals surface area contributed by atoms with Crippen LogP contribution in [-0.2, 0) is 13.1 Å². The van der Waals surface area contributed by atoms with E-state index in [0.29, 0.717) is 18.7 Å². The lowest BCUT2D eigenvalue weighted by Gasteiger charge is -2.09. The van der Waals surface area contributed by atoms with Crippen molar-refractivity contribution in [2.24, 2.45) is 0 Å². The van der Waals surface area contributed by atoms with Crippen LogP contribution in [0.1, 0.15) is 18.3 Å². The predicted octanol–water partition coefficient (Wildman–Crippen LogP) is 2.94. The Bertz CT molecular complexity index is 525. The molecule has 3 nitrogen and oxygen atoms in total. The second-order valence-electron chi connectivity index (χ2n) is 3.99. The van der Waals surface area contributed by atoms with Crippen LogP contribution >= 0.6 is 15.9 Å². The van der Waals surface area contributed by atoms with Crippen LogP contribution in [0.25, 0.3) is 0 Å². The van der Waals surface area contributed by atoms with E-state index in [1.807, 2.05) is 23.8 Å². The maximum Gasteiger partial charge on any atom is 0.129 e. The molecule has 1 aromatic heterocycles. The molecule has 5 heteroatoms. The molecule has 0 fully saturated rings. The first kappa shape index (κ1) is 13.2. The summed E-state index contributed by atoms with van der Waals surface area (Å²) in [7, 11) is 0. The van der Waals surface area contributed by atoms with Gasteiger partial charge in [0, 0.05) is 22.4 Å². The van der Waals surface area contributed by atoms with E-state index in [4.69, 9.17) is 0 Å². The van der Waals surface area contributed by atoms with Crippen LogP contribution in [0, 0.1) is 5.82 Å². The third-order valence-corrected chi connectivity index (χ3v) is 3.18. The zero-order chi connectivity index (χ0) is 13.0. The minimum Gasteiger partial charge on any atom is -0.329 e. The van der Waals surface area contributed by atoms with E-state index in [9.17, 15) is 4.39 Å². The van der Waals surface area contributed by atoms with Gasteiger partial charge in [-0.1, -0.05) is 28.9 Å². The number of benzene rings is 1. The molecular formula is C13H15BrFN3. The first-order valence-corrected chi connectivity index (χ1v) is 6.64. The number of aromatic nitrogens is 2. The molecule has 0 bridgehead atoms. The smallest absolute Gasteiger partial charge is 0.129 e. The highest BCUT2D eigenvalue weighted by molar-refractivity contribution is 9.10. The van der Waals surface area contributed by atoms with Crippen molar-refractivity contribution in [2.75, 3.05) is 6.54 Å². The second kappa shape index (κ2) is 6.11. The maximum atomic E-state index is 13.7. The van der Waals surface area contributed by atoms with Gasteiger partial charge in [-0.3, -0.25) is 0 Å². The van der Waals surface area contributed by atoms with Crippen molar-refractivity contribution in [3.8, 4) is 0 Å². The van der Waals surface area contributed by atoms with Crippen molar-refractivity contribution in [2.45, 2.75) is 20.0 Å². The van der Waals surface area contributed by atoms with Crippen molar-refractivity contribution in [3.05, 3.63) is 52.3 Å². The van der Waals surface area contributed by atoms with Gasteiger partial charge in [-0.25, -0.2) is 9.37 Å². The maximum absolute atomic E-state index is 13.7. The highest BCUT2D eigenvalue weighted by Gasteiger charge is 2.07. The van der Waals surface area contributed by atoms with Gasteiger partial charge in [0.05, 0.1) is 13.1 Å². The van der Waals surface area contributed by atoms with Crippen molar-refractivity contribution >= 4 is 15.9 Å². The molecule has 1 heterocycles. The Labute approximate surface area is 114 Å². The lowest BCUT2D eigenvalue weighted by atomic mass is 10.2. The molecule has 18 heavy (non-hydrogen) atoms. The zero-order valence-corrected chi connectivity index (χ0v) is 11.7. The monoisotopic (exact) mass is 311 g/mol. The Hall–Kier alpha value is -1.20. The highest BCUT2D eigenvalue weighted by Crippen LogP contribution is 2.16. The molecule has 1 N–H and O–H groups in total. The van der Waals surface area contributed by atoms with Gasteiger partial charge in [0.1, 0.15) is 11.6 Å². The van der Waals surface area contributed by atoms with E-state index in [1.54, 1.807) is 12.3 Å². The Morgan fingerprint density at radius 2 is 2.28 bits per heavy atom. The molecule has 0 atom stereocenters. The van der Waals surface area contributed by atoms with E-state index < -0.39 is 0 Å². The number of nitrogens with zero attached hydrogens (tertiary/aromatic N) is 2. The van der Waals surface area contributed by atoms with Gasteiger partial charge in [0.15, 0.2) is 0 Å². The van der Waals surface area contributed by atoms with Gasteiger partial charge in [0.2, 0.25) is 0 Å². The number of halogens is 2. The molecule has 0 amide bonds. The van der Waals surface area contributed by atoms with Crippen LogP contribution in [-0.4, -0.2) is 16.1 Å². The summed E-state index contributed by atoms with van der Waals surface area (Å²) in [6.07, 6.45) is 3.61. The van der Waals surface area contributed by atoms with E-state index in [0.717, 1.165) is 16.8 Å². The van der Waals surface area contributed by atoms with Crippen molar-refractivity contribution in [3.63, 3.8) is 0 Å². The predicted molar refractivity (Wildman–Crippen MR) is 72.8 cm³/mol. The van der Waals surface area contributed by atoms with Gasteiger partial charge in [-0.05, 0) is 18.7 Å². The lowest BCUT2D eigenvalue weighted by Crippen LogP contribution is -2.16. The second-order valence-corrected chi connectivity index (χ2v) is 4.90. The van der Waals surface area contributed by atoms with E-state index in [2.05, 4.69) is 26.2 Å². The average molecular weight is 312 g/mol. The van der Waals surface area contributed by atoms with Gasteiger partial charge in [-0.15, -0.1) is 0 Å². The van der Waals surface area contributed by atoms with Crippen molar-refractivity contribution < 1.29 is 4.39 Å². The molecule has 1 aromatic carbocycles. The highest BCUT2D eigenvalue weighted by atomic mass is 79.9. The van der Waals surface area contributed by atoms with Crippen LogP contribution in [0.5, 0.6) is 0 Å². The summed E-state index contributed by atoms with van der Waals surface area (Å²) in [5.74, 6) is 0.714. The summed E-state index contributed by atoms with van der Waals surface area (Å²) in [5, 5.41) is 3.22. The molecule has 2 aromatic rings. The molecular weight excluding hydrogens is 297 g/mol. The molecule has 0 saturated heterocycles. The van der Waals surface area contributed by atoms with E-state index in [-0.39, 0.29) is 5.82 Å². The first-order chi connectivity index (χ1) is 8.70. The fourth-order valence-corrected chi connectivity index (χ4v) is 2.05. The molecule has 0 radical (unpaired) electrons. The Kier molecular flexibility index (Phi) is 4.49. The molecule has 0 saturated carbocycles.